The molecule has 0 atom stereocenters. The molecule has 7 nitrogen and oxygen atoms in total. The molecule has 0 radical (unpaired) electrons. The van der Waals surface area contributed by atoms with Crippen LogP contribution in [-0.2, 0) is 5.54 Å². The van der Waals surface area contributed by atoms with Crippen molar-refractivity contribution in [2.24, 2.45) is 0 Å². The van der Waals surface area contributed by atoms with Gasteiger partial charge in [-0.15, -0.1) is 0 Å². The third-order valence-corrected chi connectivity index (χ3v) is 5.41. The first-order chi connectivity index (χ1) is 12.1. The maximum atomic E-state index is 9.28. The number of hydrogen-bond acceptors (Lipinski definition) is 6. The van der Waals surface area contributed by atoms with Crippen molar-refractivity contribution in [2.75, 3.05) is 18.8 Å². The number of H-pyrrole nitrogens is 1. The molecule has 0 aliphatic carbocycles. The van der Waals surface area contributed by atoms with E-state index in [2.05, 4.69) is 37.3 Å². The Labute approximate surface area is 150 Å². The summed E-state index contributed by atoms with van der Waals surface area (Å²) in [4.78, 5) is 12.2. The van der Waals surface area contributed by atoms with Crippen LogP contribution < -0.4 is 0 Å². The molecule has 0 aromatic carbocycles. The van der Waals surface area contributed by atoms with Crippen LogP contribution in [0.2, 0.25) is 0 Å². The molecule has 4 rings (SSSR count). The molecule has 0 bridgehead atoms. The molecule has 25 heavy (non-hydrogen) atoms. The average molecular weight is 353 g/mol. The monoisotopic (exact) mass is 353 g/mol. The first-order valence-electron chi connectivity index (χ1n) is 8.27. The largest absolute Gasteiger partial charge is 0.346 e. The lowest BCUT2D eigenvalue weighted by molar-refractivity contribution is 0.0812. The molecular formula is C17H19N7S. The zero-order valence-electron chi connectivity index (χ0n) is 14.2. The molecule has 1 fully saturated rings. The second-order valence-electron chi connectivity index (χ2n) is 6.31. The summed E-state index contributed by atoms with van der Waals surface area (Å²) in [6.07, 6.45) is 6.18. The molecule has 0 amide bonds. The van der Waals surface area contributed by atoms with E-state index in [-0.39, 0.29) is 5.54 Å². The number of aromatic nitrogens is 5. The van der Waals surface area contributed by atoms with Gasteiger partial charge in [0, 0.05) is 42.2 Å². The normalized spacial score (nSPS) is 16.7. The molecule has 1 N–H and O–H groups in total. The van der Waals surface area contributed by atoms with Gasteiger partial charge in [0.25, 0.3) is 0 Å². The van der Waals surface area contributed by atoms with Gasteiger partial charge in [0.2, 0.25) is 0 Å². The molecule has 1 saturated heterocycles. The van der Waals surface area contributed by atoms with Crippen LogP contribution in [0, 0.1) is 18.3 Å². The third-order valence-electron chi connectivity index (χ3n) is 4.53. The highest BCUT2D eigenvalue weighted by atomic mass is 32.2. The average Bonchev–Trinajstić information content (AvgIpc) is 3.21. The highest BCUT2D eigenvalue weighted by molar-refractivity contribution is 7.97. The van der Waals surface area contributed by atoms with Gasteiger partial charge in [-0.3, -0.25) is 4.68 Å². The lowest BCUT2D eigenvalue weighted by Gasteiger charge is -2.48. The van der Waals surface area contributed by atoms with E-state index in [0.29, 0.717) is 6.42 Å². The fraction of sp³-hybridized carbons (Fsp3) is 0.412. The first-order valence-corrected chi connectivity index (χ1v) is 9.21. The Bertz CT molecular complexity index is 945. The fourth-order valence-electron chi connectivity index (χ4n) is 3.35. The maximum absolute atomic E-state index is 9.28. The summed E-state index contributed by atoms with van der Waals surface area (Å²) in [6.45, 7) is 5.70. The quantitative estimate of drug-likeness (QED) is 0.710. The van der Waals surface area contributed by atoms with Crippen LogP contribution in [0.15, 0.2) is 24.7 Å². The van der Waals surface area contributed by atoms with Crippen LogP contribution in [0.4, 0.5) is 0 Å². The van der Waals surface area contributed by atoms with Gasteiger partial charge < -0.3 is 4.98 Å². The molecule has 3 aromatic rings. The summed E-state index contributed by atoms with van der Waals surface area (Å²) in [5.74, 6) is 1.76. The van der Waals surface area contributed by atoms with Crippen molar-refractivity contribution in [3.63, 3.8) is 0 Å². The van der Waals surface area contributed by atoms with E-state index in [1.165, 1.54) is 0 Å². The highest BCUT2D eigenvalue weighted by Gasteiger charge is 2.45. The van der Waals surface area contributed by atoms with Crippen molar-refractivity contribution >= 4 is 23.0 Å². The number of nitriles is 1. The molecule has 8 heteroatoms. The van der Waals surface area contributed by atoms with Gasteiger partial charge in [-0.2, -0.15) is 10.4 Å². The van der Waals surface area contributed by atoms with Crippen LogP contribution >= 0.6 is 11.9 Å². The van der Waals surface area contributed by atoms with Gasteiger partial charge in [-0.25, -0.2) is 14.3 Å². The smallest absolute Gasteiger partial charge is 0.141 e. The molecule has 3 aromatic heterocycles. The van der Waals surface area contributed by atoms with E-state index in [4.69, 9.17) is 0 Å². The molecule has 1 aliphatic rings. The van der Waals surface area contributed by atoms with Crippen molar-refractivity contribution < 1.29 is 0 Å². The first kappa shape index (κ1) is 16.1. The minimum absolute atomic E-state index is 0.242. The number of aromatic amines is 1. The number of nitrogens with one attached hydrogen (secondary N) is 1. The summed E-state index contributed by atoms with van der Waals surface area (Å²) in [5, 5.41) is 14.8. The summed E-state index contributed by atoms with van der Waals surface area (Å²) in [6, 6.07) is 4.31. The van der Waals surface area contributed by atoms with Crippen molar-refractivity contribution in [1.82, 2.24) is 29.0 Å². The van der Waals surface area contributed by atoms with E-state index in [9.17, 15) is 5.26 Å². The maximum Gasteiger partial charge on any atom is 0.141 e. The van der Waals surface area contributed by atoms with E-state index < -0.39 is 0 Å². The molecule has 1 aliphatic heterocycles. The van der Waals surface area contributed by atoms with Crippen molar-refractivity contribution in [2.45, 2.75) is 25.8 Å². The minimum atomic E-state index is -0.242. The number of rotatable bonds is 5. The standard InChI is InChI=1S/C17H19N7S/c1-3-25-23-10-17(11-23,5-6-18)24-9-13(8-20-24)15-14-4-7-19-16(14)22-12(2)21-15/h4,7-9H,3,5,10-11H2,1-2H3,(H,19,21,22). The lowest BCUT2D eigenvalue weighted by Crippen LogP contribution is -2.60. The van der Waals surface area contributed by atoms with E-state index in [0.717, 1.165) is 47.0 Å². The highest BCUT2D eigenvalue weighted by Crippen LogP contribution is 2.37. The van der Waals surface area contributed by atoms with Crippen LogP contribution in [0.3, 0.4) is 0 Å². The molecule has 0 saturated carbocycles. The van der Waals surface area contributed by atoms with Crippen LogP contribution in [0.5, 0.6) is 0 Å². The van der Waals surface area contributed by atoms with Crippen molar-refractivity contribution in [3.8, 4) is 17.3 Å². The lowest BCUT2D eigenvalue weighted by atomic mass is 9.89. The molecular weight excluding hydrogens is 334 g/mol. The summed E-state index contributed by atoms with van der Waals surface area (Å²) >= 11 is 1.81. The Balaban J connectivity index is 1.70. The second kappa shape index (κ2) is 6.17. The van der Waals surface area contributed by atoms with Crippen molar-refractivity contribution in [3.05, 3.63) is 30.5 Å². The molecule has 128 valence electrons. The molecule has 0 unspecified atom stereocenters. The minimum Gasteiger partial charge on any atom is -0.346 e. The van der Waals surface area contributed by atoms with Gasteiger partial charge in [0.05, 0.1) is 24.4 Å². The summed E-state index contributed by atoms with van der Waals surface area (Å²) in [5.41, 5.74) is 2.42. The Morgan fingerprint density at radius 1 is 1.40 bits per heavy atom. The van der Waals surface area contributed by atoms with Crippen LogP contribution in [-0.4, -0.2) is 47.9 Å². The zero-order valence-corrected chi connectivity index (χ0v) is 15.0. The Kier molecular flexibility index (Phi) is 3.98. The van der Waals surface area contributed by atoms with Crippen molar-refractivity contribution in [1.29, 1.82) is 5.26 Å². The van der Waals surface area contributed by atoms with Gasteiger partial charge in [-0.1, -0.05) is 18.9 Å². The van der Waals surface area contributed by atoms with Gasteiger partial charge in [-0.05, 0) is 13.0 Å². The van der Waals surface area contributed by atoms with Gasteiger partial charge in [0.15, 0.2) is 0 Å². The predicted octanol–water partition coefficient (Wildman–Crippen LogP) is 2.72. The Morgan fingerprint density at radius 2 is 2.24 bits per heavy atom. The van der Waals surface area contributed by atoms with E-state index in [1.807, 2.05) is 48.2 Å². The SMILES string of the molecule is CCSN1CC(CC#N)(n2cc(-c3nc(C)nc4[nH]ccc34)cn2)C1. The zero-order chi connectivity index (χ0) is 17.4. The molecule has 0 spiro atoms. The summed E-state index contributed by atoms with van der Waals surface area (Å²) < 4.78 is 4.24. The van der Waals surface area contributed by atoms with Crippen LogP contribution in [0.1, 0.15) is 19.2 Å². The number of fused-ring (bicyclic) bond motifs is 1. The predicted molar refractivity (Wildman–Crippen MR) is 97.8 cm³/mol. The number of hydrogen-bond donors (Lipinski definition) is 1. The number of aryl methyl sites for hydroxylation is 1. The summed E-state index contributed by atoms with van der Waals surface area (Å²) in [7, 11) is 0. The van der Waals surface area contributed by atoms with Gasteiger partial charge in [0.1, 0.15) is 17.0 Å². The van der Waals surface area contributed by atoms with E-state index in [1.54, 1.807) is 0 Å². The fourth-order valence-corrected chi connectivity index (χ4v) is 4.37. The number of nitrogens with zero attached hydrogens (tertiary/aromatic N) is 6. The topological polar surface area (TPSA) is 86.4 Å². The van der Waals surface area contributed by atoms with Crippen LogP contribution in [0.25, 0.3) is 22.3 Å². The van der Waals surface area contributed by atoms with Gasteiger partial charge >= 0.3 is 0 Å². The molecule has 4 heterocycles. The second-order valence-corrected chi connectivity index (χ2v) is 7.66. The third kappa shape index (κ3) is 2.69. The Morgan fingerprint density at radius 3 is 3.00 bits per heavy atom. The van der Waals surface area contributed by atoms with E-state index >= 15 is 0 Å². The Hall–Kier alpha value is -2.37.